The Balaban J connectivity index is 2.44. The van der Waals surface area contributed by atoms with Crippen LogP contribution in [0.15, 0.2) is 24.3 Å². The number of amides is 1. The molecule has 0 saturated heterocycles. The van der Waals surface area contributed by atoms with Gasteiger partial charge in [-0.3, -0.25) is 5.32 Å². The van der Waals surface area contributed by atoms with Gasteiger partial charge in [-0.15, -0.1) is 0 Å². The molecule has 0 fully saturated rings. The van der Waals surface area contributed by atoms with Crippen LogP contribution >= 0.6 is 11.6 Å². The minimum atomic E-state index is -0.453. The van der Waals surface area contributed by atoms with Crippen LogP contribution in [0, 0.1) is 5.92 Å². The number of nitrogens with one attached hydrogen (secondary N) is 1. The lowest BCUT2D eigenvalue weighted by Gasteiger charge is -2.08. The van der Waals surface area contributed by atoms with Crippen molar-refractivity contribution in [1.82, 2.24) is 0 Å². The zero-order valence-electron chi connectivity index (χ0n) is 8.79. The van der Waals surface area contributed by atoms with Crippen LogP contribution in [0.1, 0.15) is 13.8 Å². The number of hydrogen-bond donors (Lipinski definition) is 1. The maximum Gasteiger partial charge on any atom is 0.411 e. The van der Waals surface area contributed by atoms with E-state index in [4.69, 9.17) is 16.3 Å². The molecule has 4 heteroatoms. The van der Waals surface area contributed by atoms with E-state index in [0.717, 1.165) is 0 Å². The smallest absolute Gasteiger partial charge is 0.411 e. The highest BCUT2D eigenvalue weighted by molar-refractivity contribution is 6.30. The number of rotatable bonds is 3. The Morgan fingerprint density at radius 3 is 2.87 bits per heavy atom. The quantitative estimate of drug-likeness (QED) is 0.858. The molecule has 0 spiro atoms. The van der Waals surface area contributed by atoms with E-state index in [2.05, 4.69) is 5.32 Å². The van der Waals surface area contributed by atoms with Crippen molar-refractivity contribution in [3.05, 3.63) is 29.3 Å². The molecule has 0 aliphatic carbocycles. The van der Waals surface area contributed by atoms with Gasteiger partial charge in [-0.25, -0.2) is 4.79 Å². The van der Waals surface area contributed by atoms with Gasteiger partial charge >= 0.3 is 6.09 Å². The zero-order valence-corrected chi connectivity index (χ0v) is 9.54. The second-order valence-electron chi connectivity index (χ2n) is 3.63. The van der Waals surface area contributed by atoms with Crippen LogP contribution in [0.3, 0.4) is 0 Å². The third kappa shape index (κ3) is 4.70. The number of benzene rings is 1. The summed E-state index contributed by atoms with van der Waals surface area (Å²) in [6.45, 7) is 4.37. The average molecular weight is 228 g/mol. The van der Waals surface area contributed by atoms with Gasteiger partial charge in [-0.2, -0.15) is 0 Å². The monoisotopic (exact) mass is 227 g/mol. The summed E-state index contributed by atoms with van der Waals surface area (Å²) in [5, 5.41) is 3.17. The highest BCUT2D eigenvalue weighted by atomic mass is 35.5. The predicted molar refractivity (Wildman–Crippen MR) is 61.3 cm³/mol. The molecule has 0 aromatic heterocycles. The Bertz CT molecular complexity index is 339. The lowest BCUT2D eigenvalue weighted by atomic mass is 10.2. The summed E-state index contributed by atoms with van der Waals surface area (Å²) >= 11 is 5.76. The first-order valence-electron chi connectivity index (χ1n) is 4.77. The van der Waals surface area contributed by atoms with Gasteiger partial charge in [-0.1, -0.05) is 31.5 Å². The molecule has 3 nitrogen and oxygen atoms in total. The van der Waals surface area contributed by atoms with E-state index in [9.17, 15) is 4.79 Å². The van der Waals surface area contributed by atoms with E-state index in [-0.39, 0.29) is 0 Å². The van der Waals surface area contributed by atoms with Crippen molar-refractivity contribution in [3.8, 4) is 0 Å². The number of carbonyl (C=O) groups is 1. The highest BCUT2D eigenvalue weighted by Gasteiger charge is 2.04. The summed E-state index contributed by atoms with van der Waals surface area (Å²) in [6, 6.07) is 6.92. The summed E-state index contributed by atoms with van der Waals surface area (Å²) in [7, 11) is 0. The third-order valence-corrected chi connectivity index (χ3v) is 1.85. The van der Waals surface area contributed by atoms with E-state index >= 15 is 0 Å². The van der Waals surface area contributed by atoms with Gasteiger partial charge in [0, 0.05) is 10.7 Å². The Kier molecular flexibility index (Phi) is 4.43. The zero-order chi connectivity index (χ0) is 11.3. The molecule has 1 aromatic rings. The third-order valence-electron chi connectivity index (χ3n) is 1.62. The number of anilines is 1. The maximum absolute atomic E-state index is 11.3. The molecular weight excluding hydrogens is 214 g/mol. The van der Waals surface area contributed by atoms with Crippen molar-refractivity contribution >= 4 is 23.4 Å². The van der Waals surface area contributed by atoms with Gasteiger partial charge in [0.15, 0.2) is 0 Å². The summed E-state index contributed by atoms with van der Waals surface area (Å²) in [4.78, 5) is 11.3. The fraction of sp³-hybridized carbons (Fsp3) is 0.364. The van der Waals surface area contributed by atoms with E-state index in [1.165, 1.54) is 0 Å². The Morgan fingerprint density at radius 2 is 2.27 bits per heavy atom. The van der Waals surface area contributed by atoms with Gasteiger partial charge in [0.25, 0.3) is 0 Å². The molecule has 0 aliphatic heterocycles. The van der Waals surface area contributed by atoms with Crippen LogP contribution in [0.5, 0.6) is 0 Å². The van der Waals surface area contributed by atoms with Gasteiger partial charge in [-0.05, 0) is 24.1 Å². The molecule has 1 aromatic carbocycles. The first-order chi connectivity index (χ1) is 7.08. The molecule has 82 valence electrons. The van der Waals surface area contributed by atoms with E-state index < -0.39 is 6.09 Å². The lowest BCUT2D eigenvalue weighted by molar-refractivity contribution is 0.147. The van der Waals surface area contributed by atoms with Gasteiger partial charge < -0.3 is 4.74 Å². The van der Waals surface area contributed by atoms with Gasteiger partial charge in [0.2, 0.25) is 0 Å². The second kappa shape index (κ2) is 5.61. The summed E-state index contributed by atoms with van der Waals surface area (Å²) in [5.74, 6) is 0.329. The Morgan fingerprint density at radius 1 is 1.53 bits per heavy atom. The highest BCUT2D eigenvalue weighted by Crippen LogP contribution is 2.14. The fourth-order valence-electron chi connectivity index (χ4n) is 0.963. The van der Waals surface area contributed by atoms with Crippen molar-refractivity contribution < 1.29 is 9.53 Å². The normalized spacial score (nSPS) is 10.1. The number of ether oxygens (including phenoxy) is 1. The lowest BCUT2D eigenvalue weighted by Crippen LogP contribution is -2.16. The van der Waals surface area contributed by atoms with Crippen molar-refractivity contribution in [2.75, 3.05) is 11.9 Å². The van der Waals surface area contributed by atoms with Gasteiger partial charge in [0.1, 0.15) is 0 Å². The van der Waals surface area contributed by atoms with Crippen LogP contribution in [-0.4, -0.2) is 12.7 Å². The van der Waals surface area contributed by atoms with Crippen molar-refractivity contribution in [2.24, 2.45) is 5.92 Å². The minimum absolute atomic E-state index is 0.329. The van der Waals surface area contributed by atoms with Crippen LogP contribution in [-0.2, 0) is 4.74 Å². The van der Waals surface area contributed by atoms with Crippen LogP contribution < -0.4 is 5.32 Å². The average Bonchev–Trinajstić information content (AvgIpc) is 2.15. The van der Waals surface area contributed by atoms with Crippen LogP contribution in [0.2, 0.25) is 5.02 Å². The molecule has 0 unspecified atom stereocenters. The van der Waals surface area contributed by atoms with Crippen molar-refractivity contribution in [2.45, 2.75) is 13.8 Å². The van der Waals surface area contributed by atoms with Gasteiger partial charge in [0.05, 0.1) is 6.61 Å². The number of halogens is 1. The summed E-state index contributed by atoms with van der Waals surface area (Å²) in [5.41, 5.74) is 0.635. The van der Waals surface area contributed by atoms with Crippen molar-refractivity contribution in [3.63, 3.8) is 0 Å². The largest absolute Gasteiger partial charge is 0.449 e. The predicted octanol–water partition coefficient (Wildman–Crippen LogP) is 3.54. The molecule has 0 heterocycles. The molecule has 0 atom stereocenters. The van der Waals surface area contributed by atoms with E-state index in [0.29, 0.717) is 23.2 Å². The fourth-order valence-corrected chi connectivity index (χ4v) is 1.15. The molecule has 0 saturated carbocycles. The topological polar surface area (TPSA) is 38.3 Å². The number of hydrogen-bond acceptors (Lipinski definition) is 2. The van der Waals surface area contributed by atoms with E-state index in [1.807, 2.05) is 13.8 Å². The molecular formula is C11H14ClNO2. The van der Waals surface area contributed by atoms with Crippen LogP contribution in [0.4, 0.5) is 10.5 Å². The molecule has 1 rings (SSSR count). The molecule has 0 aliphatic rings. The van der Waals surface area contributed by atoms with Crippen molar-refractivity contribution in [1.29, 1.82) is 0 Å². The molecule has 0 bridgehead atoms. The molecule has 15 heavy (non-hydrogen) atoms. The Hall–Kier alpha value is -1.22. The van der Waals surface area contributed by atoms with E-state index in [1.54, 1.807) is 24.3 Å². The number of carbonyl (C=O) groups excluding carboxylic acids is 1. The Labute approximate surface area is 94.4 Å². The minimum Gasteiger partial charge on any atom is -0.449 e. The first kappa shape index (κ1) is 11.9. The molecule has 1 N–H and O–H groups in total. The maximum atomic E-state index is 11.3. The molecule has 1 amide bonds. The SMILES string of the molecule is CC(C)COC(=O)Nc1cccc(Cl)c1. The second-order valence-corrected chi connectivity index (χ2v) is 4.06. The first-order valence-corrected chi connectivity index (χ1v) is 5.15. The summed E-state index contributed by atoms with van der Waals surface area (Å²) in [6.07, 6.45) is -0.453. The summed E-state index contributed by atoms with van der Waals surface area (Å²) < 4.78 is 4.95. The molecule has 0 radical (unpaired) electrons. The van der Waals surface area contributed by atoms with Crippen LogP contribution in [0.25, 0.3) is 0 Å². The standard InChI is InChI=1S/C11H14ClNO2/c1-8(2)7-15-11(14)13-10-5-3-4-9(12)6-10/h3-6,8H,7H2,1-2H3,(H,13,14).